The summed E-state index contributed by atoms with van der Waals surface area (Å²) in [6.45, 7) is 1.39. The Morgan fingerprint density at radius 2 is 1.87 bits per heavy atom. The van der Waals surface area contributed by atoms with E-state index < -0.39 is 5.91 Å². The third-order valence-corrected chi connectivity index (χ3v) is 4.48. The van der Waals surface area contributed by atoms with Gasteiger partial charge in [0.05, 0.1) is 24.9 Å². The van der Waals surface area contributed by atoms with Crippen LogP contribution in [0.5, 0.6) is 5.75 Å². The Labute approximate surface area is 175 Å². The zero-order valence-corrected chi connectivity index (χ0v) is 16.9. The van der Waals surface area contributed by atoms with E-state index in [-0.39, 0.29) is 24.1 Å². The zero-order valence-electron chi connectivity index (χ0n) is 16.1. The molecule has 3 N–H and O–H groups in total. The fourth-order valence-electron chi connectivity index (χ4n) is 2.46. The number of ether oxygens (including phenoxy) is 1. The van der Waals surface area contributed by atoms with Gasteiger partial charge >= 0.3 is 0 Å². The molecule has 2 aromatic heterocycles. The molecule has 11 heteroatoms. The highest BCUT2D eigenvalue weighted by Crippen LogP contribution is 2.28. The number of nitrogens with zero attached hydrogens (tertiary/aromatic N) is 3. The predicted molar refractivity (Wildman–Crippen MR) is 112 cm³/mol. The standard InChI is InChI=1S/C19H18N6O4S/c1-11(26)22-12-4-5-15(29-2)14(8-12)24-16(27)9-13-10-30-19(23-13)25-18(28)17-20-6-3-7-21-17/h3-8,10H,9H2,1-2H3,(H,22,26)(H,24,27)(H,23,25,28). The molecular weight excluding hydrogens is 408 g/mol. The minimum atomic E-state index is -0.486. The van der Waals surface area contributed by atoms with Gasteiger partial charge in [-0.1, -0.05) is 0 Å². The number of hydrogen-bond acceptors (Lipinski definition) is 8. The Morgan fingerprint density at radius 1 is 1.10 bits per heavy atom. The lowest BCUT2D eigenvalue weighted by Gasteiger charge is -2.12. The molecule has 3 amide bonds. The summed E-state index contributed by atoms with van der Waals surface area (Å²) in [6, 6.07) is 6.52. The van der Waals surface area contributed by atoms with Crippen molar-refractivity contribution < 1.29 is 19.1 Å². The first kappa shape index (κ1) is 20.9. The predicted octanol–water partition coefficient (Wildman–Crippen LogP) is 2.33. The molecule has 0 fully saturated rings. The van der Waals surface area contributed by atoms with E-state index >= 15 is 0 Å². The summed E-state index contributed by atoms with van der Waals surface area (Å²) in [5.74, 6) is -0.566. The summed E-state index contributed by atoms with van der Waals surface area (Å²) in [5.41, 5.74) is 1.43. The lowest BCUT2D eigenvalue weighted by atomic mass is 10.2. The van der Waals surface area contributed by atoms with Crippen molar-refractivity contribution in [1.82, 2.24) is 15.0 Å². The third-order valence-electron chi connectivity index (χ3n) is 3.68. The van der Waals surface area contributed by atoms with Crippen LogP contribution >= 0.6 is 11.3 Å². The number of benzene rings is 1. The number of carbonyl (C=O) groups excluding carboxylic acids is 3. The first-order chi connectivity index (χ1) is 14.4. The lowest BCUT2D eigenvalue weighted by Crippen LogP contribution is -2.17. The van der Waals surface area contributed by atoms with Crippen LogP contribution in [-0.2, 0) is 16.0 Å². The number of methoxy groups -OCH3 is 1. The number of aromatic nitrogens is 3. The highest BCUT2D eigenvalue weighted by Gasteiger charge is 2.14. The summed E-state index contributed by atoms with van der Waals surface area (Å²) >= 11 is 1.19. The van der Waals surface area contributed by atoms with Gasteiger partial charge in [-0.05, 0) is 24.3 Å². The van der Waals surface area contributed by atoms with Crippen LogP contribution in [0.1, 0.15) is 23.2 Å². The van der Waals surface area contributed by atoms with Crippen LogP contribution in [0.15, 0.2) is 42.0 Å². The number of anilines is 3. The molecule has 0 unspecified atom stereocenters. The highest BCUT2D eigenvalue weighted by molar-refractivity contribution is 7.14. The Hall–Kier alpha value is -3.86. The fraction of sp³-hybridized carbons (Fsp3) is 0.158. The van der Waals surface area contributed by atoms with E-state index in [1.54, 1.807) is 29.6 Å². The van der Waals surface area contributed by atoms with Gasteiger partial charge in [0.1, 0.15) is 5.75 Å². The van der Waals surface area contributed by atoms with Crippen LogP contribution < -0.4 is 20.7 Å². The van der Waals surface area contributed by atoms with Gasteiger partial charge in [-0.15, -0.1) is 11.3 Å². The van der Waals surface area contributed by atoms with Crippen molar-refractivity contribution in [3.05, 3.63) is 53.6 Å². The molecule has 10 nitrogen and oxygen atoms in total. The van der Waals surface area contributed by atoms with Crippen molar-refractivity contribution in [2.75, 3.05) is 23.1 Å². The number of carbonyl (C=O) groups is 3. The first-order valence-corrected chi connectivity index (χ1v) is 9.61. The minimum Gasteiger partial charge on any atom is -0.495 e. The molecule has 154 valence electrons. The number of rotatable bonds is 7. The van der Waals surface area contributed by atoms with Crippen molar-refractivity contribution in [2.24, 2.45) is 0 Å². The Morgan fingerprint density at radius 3 is 2.57 bits per heavy atom. The monoisotopic (exact) mass is 426 g/mol. The molecular formula is C19H18N6O4S. The second-order valence-corrected chi connectivity index (χ2v) is 6.85. The van der Waals surface area contributed by atoms with Crippen LogP contribution in [0.3, 0.4) is 0 Å². The second-order valence-electron chi connectivity index (χ2n) is 5.99. The van der Waals surface area contributed by atoms with Crippen molar-refractivity contribution in [3.8, 4) is 5.75 Å². The normalized spacial score (nSPS) is 10.2. The van der Waals surface area contributed by atoms with Crippen molar-refractivity contribution in [1.29, 1.82) is 0 Å². The highest BCUT2D eigenvalue weighted by atomic mass is 32.1. The molecule has 0 spiro atoms. The molecule has 0 saturated carbocycles. The van der Waals surface area contributed by atoms with Crippen molar-refractivity contribution in [2.45, 2.75) is 13.3 Å². The lowest BCUT2D eigenvalue weighted by molar-refractivity contribution is -0.116. The molecule has 0 bridgehead atoms. The molecule has 0 aliphatic carbocycles. The molecule has 0 aliphatic rings. The van der Waals surface area contributed by atoms with Gasteiger partial charge in [0.25, 0.3) is 5.91 Å². The maximum Gasteiger partial charge on any atom is 0.295 e. The molecule has 1 aromatic carbocycles. The topological polar surface area (TPSA) is 135 Å². The van der Waals surface area contributed by atoms with Gasteiger partial charge in [-0.2, -0.15) is 0 Å². The minimum absolute atomic E-state index is 0.0122. The van der Waals surface area contributed by atoms with Crippen LogP contribution in [0, 0.1) is 0 Å². The number of nitrogens with one attached hydrogen (secondary N) is 3. The van der Waals surface area contributed by atoms with Crippen LogP contribution in [0.4, 0.5) is 16.5 Å². The third kappa shape index (κ3) is 5.58. The second kappa shape index (κ2) is 9.56. The van der Waals surface area contributed by atoms with Gasteiger partial charge in [0.15, 0.2) is 5.13 Å². The maximum atomic E-state index is 12.4. The smallest absolute Gasteiger partial charge is 0.295 e. The SMILES string of the molecule is COc1ccc(NC(C)=O)cc1NC(=O)Cc1csc(NC(=O)c2ncccn2)n1. The molecule has 0 atom stereocenters. The van der Waals surface area contributed by atoms with Crippen LogP contribution in [-0.4, -0.2) is 39.8 Å². The molecule has 2 heterocycles. The summed E-state index contributed by atoms with van der Waals surface area (Å²) in [5, 5.41) is 9.99. The van der Waals surface area contributed by atoms with E-state index in [2.05, 4.69) is 30.9 Å². The summed E-state index contributed by atoms with van der Waals surface area (Å²) in [4.78, 5) is 47.7. The number of amides is 3. The van der Waals surface area contributed by atoms with Gasteiger partial charge in [-0.3, -0.25) is 19.7 Å². The largest absolute Gasteiger partial charge is 0.495 e. The van der Waals surface area contributed by atoms with E-state index in [1.165, 1.54) is 37.8 Å². The maximum absolute atomic E-state index is 12.4. The van der Waals surface area contributed by atoms with E-state index in [9.17, 15) is 14.4 Å². The van der Waals surface area contributed by atoms with Gasteiger partial charge in [0, 0.05) is 30.4 Å². The van der Waals surface area contributed by atoms with E-state index in [0.717, 1.165) is 0 Å². The number of hydrogen-bond donors (Lipinski definition) is 3. The summed E-state index contributed by atoms with van der Waals surface area (Å²) < 4.78 is 5.25. The number of thiazole rings is 1. The molecule has 0 aliphatic heterocycles. The van der Waals surface area contributed by atoms with E-state index in [4.69, 9.17) is 4.74 Å². The Balaban J connectivity index is 1.63. The van der Waals surface area contributed by atoms with Gasteiger partial charge < -0.3 is 15.4 Å². The van der Waals surface area contributed by atoms with Gasteiger partial charge in [-0.25, -0.2) is 15.0 Å². The first-order valence-electron chi connectivity index (χ1n) is 8.73. The quantitative estimate of drug-likeness (QED) is 0.528. The average molecular weight is 426 g/mol. The van der Waals surface area contributed by atoms with Gasteiger partial charge in [0.2, 0.25) is 17.6 Å². The van der Waals surface area contributed by atoms with Crippen molar-refractivity contribution >= 4 is 45.6 Å². The molecule has 3 aromatic rings. The molecule has 0 saturated heterocycles. The Kier molecular flexibility index (Phi) is 6.65. The summed E-state index contributed by atoms with van der Waals surface area (Å²) in [7, 11) is 1.48. The van der Waals surface area contributed by atoms with Crippen molar-refractivity contribution in [3.63, 3.8) is 0 Å². The fourth-order valence-corrected chi connectivity index (χ4v) is 3.17. The van der Waals surface area contributed by atoms with E-state index in [0.29, 0.717) is 27.9 Å². The zero-order chi connectivity index (χ0) is 21.5. The molecule has 0 radical (unpaired) electrons. The average Bonchev–Trinajstić information content (AvgIpc) is 3.15. The summed E-state index contributed by atoms with van der Waals surface area (Å²) in [6.07, 6.45) is 2.92. The molecule has 3 rings (SSSR count). The Bertz CT molecular complexity index is 1070. The van der Waals surface area contributed by atoms with Crippen LogP contribution in [0.25, 0.3) is 0 Å². The van der Waals surface area contributed by atoms with Crippen LogP contribution in [0.2, 0.25) is 0 Å². The molecule has 30 heavy (non-hydrogen) atoms. The van der Waals surface area contributed by atoms with E-state index in [1.807, 2.05) is 0 Å².